The third kappa shape index (κ3) is 3.23. The number of aromatic nitrogens is 2. The first-order valence-corrected chi connectivity index (χ1v) is 5.28. The molecular weight excluding hydrogens is 216 g/mol. The highest BCUT2D eigenvalue weighted by Crippen LogP contribution is 2.13. The molecule has 5 heteroatoms. The monoisotopic (exact) mass is 230 g/mol. The van der Waals surface area contributed by atoms with Crippen molar-refractivity contribution < 1.29 is 9.53 Å². The lowest BCUT2D eigenvalue weighted by Gasteiger charge is -2.09. The van der Waals surface area contributed by atoms with E-state index in [0.717, 1.165) is 5.69 Å². The highest BCUT2D eigenvalue weighted by atomic mass is 35.5. The van der Waals surface area contributed by atoms with Gasteiger partial charge in [0.05, 0.1) is 29.8 Å². The van der Waals surface area contributed by atoms with Gasteiger partial charge < -0.3 is 4.74 Å². The Kier molecular flexibility index (Phi) is 4.15. The first-order chi connectivity index (χ1) is 7.04. The Hall–Kier alpha value is -1.03. The number of halogens is 1. The van der Waals surface area contributed by atoms with Gasteiger partial charge in [0.25, 0.3) is 0 Å². The molecule has 0 spiro atoms. The van der Waals surface area contributed by atoms with Crippen LogP contribution in [-0.4, -0.2) is 22.4 Å². The number of esters is 1. The second kappa shape index (κ2) is 5.16. The molecular formula is C10H15ClN2O2. The Morgan fingerprint density at radius 3 is 2.87 bits per heavy atom. The van der Waals surface area contributed by atoms with Crippen molar-refractivity contribution in [2.75, 3.05) is 6.61 Å². The molecule has 0 saturated carbocycles. The topological polar surface area (TPSA) is 44.1 Å². The van der Waals surface area contributed by atoms with Crippen molar-refractivity contribution in [2.45, 2.75) is 27.3 Å². The molecule has 1 atom stereocenters. The predicted molar refractivity (Wildman–Crippen MR) is 57.8 cm³/mol. The van der Waals surface area contributed by atoms with Crippen LogP contribution in [0.3, 0.4) is 0 Å². The van der Waals surface area contributed by atoms with E-state index in [1.165, 1.54) is 0 Å². The summed E-state index contributed by atoms with van der Waals surface area (Å²) in [5, 5.41) is 4.79. The SMILES string of the molecule is CCOC(=O)C(C)Cn1cc(Cl)c(C)n1. The van der Waals surface area contributed by atoms with Crippen molar-refractivity contribution in [3.05, 3.63) is 16.9 Å². The summed E-state index contributed by atoms with van der Waals surface area (Å²) in [7, 11) is 0. The van der Waals surface area contributed by atoms with Crippen molar-refractivity contribution in [3.8, 4) is 0 Å². The fourth-order valence-electron chi connectivity index (χ4n) is 1.23. The van der Waals surface area contributed by atoms with Crippen LogP contribution >= 0.6 is 11.6 Å². The van der Waals surface area contributed by atoms with Gasteiger partial charge in [0.15, 0.2) is 0 Å². The second-order valence-corrected chi connectivity index (χ2v) is 3.84. The molecule has 1 heterocycles. The third-order valence-corrected chi connectivity index (χ3v) is 2.41. The molecule has 0 aliphatic carbocycles. The average Bonchev–Trinajstić information content (AvgIpc) is 2.46. The summed E-state index contributed by atoms with van der Waals surface area (Å²) in [4.78, 5) is 11.3. The minimum Gasteiger partial charge on any atom is -0.466 e. The molecule has 0 saturated heterocycles. The zero-order valence-electron chi connectivity index (χ0n) is 9.16. The predicted octanol–water partition coefficient (Wildman–Crippen LogP) is 2.04. The van der Waals surface area contributed by atoms with Gasteiger partial charge in [0.1, 0.15) is 0 Å². The van der Waals surface area contributed by atoms with Crippen LogP contribution in [0.2, 0.25) is 5.02 Å². The van der Waals surface area contributed by atoms with Crippen molar-refractivity contribution in [3.63, 3.8) is 0 Å². The van der Waals surface area contributed by atoms with Crippen molar-refractivity contribution in [1.29, 1.82) is 0 Å². The van der Waals surface area contributed by atoms with Gasteiger partial charge in [0, 0.05) is 6.20 Å². The maximum absolute atomic E-state index is 11.3. The summed E-state index contributed by atoms with van der Waals surface area (Å²) >= 11 is 5.85. The maximum Gasteiger partial charge on any atom is 0.310 e. The van der Waals surface area contributed by atoms with E-state index in [0.29, 0.717) is 18.2 Å². The molecule has 1 aromatic rings. The normalized spacial score (nSPS) is 12.5. The molecule has 1 rings (SSSR count). The lowest BCUT2D eigenvalue weighted by molar-refractivity contribution is -0.147. The lowest BCUT2D eigenvalue weighted by Crippen LogP contribution is -2.20. The van der Waals surface area contributed by atoms with Crippen LogP contribution in [0.25, 0.3) is 0 Å². The number of ether oxygens (including phenoxy) is 1. The van der Waals surface area contributed by atoms with E-state index >= 15 is 0 Å². The highest BCUT2D eigenvalue weighted by molar-refractivity contribution is 6.31. The first-order valence-electron chi connectivity index (χ1n) is 4.90. The Morgan fingerprint density at radius 1 is 1.73 bits per heavy atom. The summed E-state index contributed by atoms with van der Waals surface area (Å²) < 4.78 is 6.57. The van der Waals surface area contributed by atoms with Gasteiger partial charge in [-0.1, -0.05) is 18.5 Å². The second-order valence-electron chi connectivity index (χ2n) is 3.44. The van der Waals surface area contributed by atoms with Gasteiger partial charge in [-0.2, -0.15) is 5.10 Å². The van der Waals surface area contributed by atoms with Crippen LogP contribution in [0.1, 0.15) is 19.5 Å². The number of hydrogen-bond acceptors (Lipinski definition) is 3. The molecule has 4 nitrogen and oxygen atoms in total. The summed E-state index contributed by atoms with van der Waals surface area (Å²) in [5.41, 5.74) is 0.771. The summed E-state index contributed by atoms with van der Waals surface area (Å²) in [6.45, 7) is 6.32. The summed E-state index contributed by atoms with van der Waals surface area (Å²) in [6.07, 6.45) is 1.71. The van der Waals surface area contributed by atoms with Gasteiger partial charge in [-0.3, -0.25) is 9.48 Å². The summed E-state index contributed by atoms with van der Waals surface area (Å²) in [5.74, 6) is -0.415. The van der Waals surface area contributed by atoms with Crippen LogP contribution in [0, 0.1) is 12.8 Å². The molecule has 1 aromatic heterocycles. The van der Waals surface area contributed by atoms with E-state index in [1.807, 2.05) is 13.8 Å². The molecule has 0 aliphatic heterocycles. The average molecular weight is 231 g/mol. The molecule has 84 valence electrons. The molecule has 1 unspecified atom stereocenters. The zero-order valence-corrected chi connectivity index (χ0v) is 9.91. The number of hydrogen-bond donors (Lipinski definition) is 0. The van der Waals surface area contributed by atoms with E-state index in [-0.39, 0.29) is 11.9 Å². The van der Waals surface area contributed by atoms with Gasteiger partial charge in [-0.15, -0.1) is 0 Å². The van der Waals surface area contributed by atoms with Crippen molar-refractivity contribution in [2.24, 2.45) is 5.92 Å². The van der Waals surface area contributed by atoms with Gasteiger partial charge in [-0.05, 0) is 13.8 Å². The number of carbonyl (C=O) groups excluding carboxylic acids is 1. The molecule has 0 aliphatic rings. The Labute approximate surface area is 94.2 Å². The molecule has 0 fully saturated rings. The number of carbonyl (C=O) groups is 1. The van der Waals surface area contributed by atoms with Crippen LogP contribution in [0.15, 0.2) is 6.20 Å². The van der Waals surface area contributed by atoms with Crippen molar-refractivity contribution >= 4 is 17.6 Å². The van der Waals surface area contributed by atoms with Gasteiger partial charge >= 0.3 is 5.97 Å². The largest absolute Gasteiger partial charge is 0.466 e. The quantitative estimate of drug-likeness (QED) is 0.744. The minimum absolute atomic E-state index is 0.207. The van der Waals surface area contributed by atoms with Crippen LogP contribution in [-0.2, 0) is 16.1 Å². The van der Waals surface area contributed by atoms with E-state index in [1.54, 1.807) is 17.8 Å². The van der Waals surface area contributed by atoms with Gasteiger partial charge in [0.2, 0.25) is 0 Å². The molecule has 0 radical (unpaired) electrons. The molecule has 0 aromatic carbocycles. The van der Waals surface area contributed by atoms with Crippen molar-refractivity contribution in [1.82, 2.24) is 9.78 Å². The Morgan fingerprint density at radius 2 is 2.40 bits per heavy atom. The Balaban J connectivity index is 2.58. The highest BCUT2D eigenvalue weighted by Gasteiger charge is 2.15. The Bertz CT molecular complexity index is 330. The van der Waals surface area contributed by atoms with Crippen LogP contribution in [0.4, 0.5) is 0 Å². The third-order valence-electron chi connectivity index (χ3n) is 2.04. The van der Waals surface area contributed by atoms with Gasteiger partial charge in [-0.25, -0.2) is 0 Å². The fraction of sp³-hybridized carbons (Fsp3) is 0.600. The van der Waals surface area contributed by atoms with E-state index < -0.39 is 0 Å². The fourth-order valence-corrected chi connectivity index (χ4v) is 1.38. The number of aryl methyl sites for hydroxylation is 1. The van der Waals surface area contributed by atoms with Crippen LogP contribution in [0.5, 0.6) is 0 Å². The lowest BCUT2D eigenvalue weighted by atomic mass is 10.2. The van der Waals surface area contributed by atoms with Crippen LogP contribution < -0.4 is 0 Å². The molecule has 0 N–H and O–H groups in total. The van der Waals surface area contributed by atoms with E-state index in [9.17, 15) is 4.79 Å². The minimum atomic E-state index is -0.208. The molecule has 0 bridgehead atoms. The smallest absolute Gasteiger partial charge is 0.310 e. The van der Waals surface area contributed by atoms with E-state index in [4.69, 9.17) is 16.3 Å². The standard InChI is InChI=1S/C10H15ClN2O2/c1-4-15-10(14)7(2)5-13-6-9(11)8(3)12-13/h6-7H,4-5H2,1-3H3. The molecule has 0 amide bonds. The zero-order chi connectivity index (χ0) is 11.4. The number of rotatable bonds is 4. The summed E-state index contributed by atoms with van der Waals surface area (Å²) in [6, 6.07) is 0. The molecule has 15 heavy (non-hydrogen) atoms. The first kappa shape index (κ1) is 12.0. The maximum atomic E-state index is 11.3. The number of nitrogens with zero attached hydrogens (tertiary/aromatic N) is 2. The van der Waals surface area contributed by atoms with E-state index in [2.05, 4.69) is 5.10 Å².